The Morgan fingerprint density at radius 2 is 2.20 bits per heavy atom. The van der Waals surface area contributed by atoms with Crippen LogP contribution >= 0.6 is 11.3 Å². The first-order valence-corrected chi connectivity index (χ1v) is 6.84. The van der Waals surface area contributed by atoms with Crippen molar-refractivity contribution in [1.29, 1.82) is 0 Å². The molecule has 20 heavy (non-hydrogen) atoms. The smallest absolute Gasteiger partial charge is 0.304 e. The number of carboxylic acids is 1. The zero-order valence-electron chi connectivity index (χ0n) is 10.6. The van der Waals surface area contributed by atoms with Crippen LogP contribution in [0.5, 0.6) is 0 Å². The van der Waals surface area contributed by atoms with Crippen LogP contribution in [0.25, 0.3) is 10.2 Å². The van der Waals surface area contributed by atoms with Gasteiger partial charge in [-0.25, -0.2) is 4.98 Å². The Balaban J connectivity index is 1.95. The van der Waals surface area contributed by atoms with E-state index in [1.165, 1.54) is 16.3 Å². The van der Waals surface area contributed by atoms with E-state index < -0.39 is 11.9 Å². The summed E-state index contributed by atoms with van der Waals surface area (Å²) in [7, 11) is 0. The molecule has 0 radical (unpaired) electrons. The van der Waals surface area contributed by atoms with Gasteiger partial charge in [-0.15, -0.1) is 0 Å². The molecule has 1 aliphatic heterocycles. The molecule has 0 bridgehead atoms. The molecule has 0 saturated carbocycles. The molecule has 0 spiro atoms. The van der Waals surface area contributed by atoms with Gasteiger partial charge in [-0.05, 0) is 19.1 Å². The standard InChI is InChI=1S/C13H11N3O3S/c1-7-8(6-11(17)18)12(19)16(15-7)13-14-9-4-2-3-5-10(9)20-13/h2-5,8H,6H2,1H3,(H,17,18). The highest BCUT2D eigenvalue weighted by molar-refractivity contribution is 7.22. The van der Waals surface area contributed by atoms with Crippen molar-refractivity contribution in [3.05, 3.63) is 24.3 Å². The normalized spacial score (nSPS) is 18.6. The second kappa shape index (κ2) is 4.68. The molecule has 102 valence electrons. The summed E-state index contributed by atoms with van der Waals surface area (Å²) < 4.78 is 0.963. The highest BCUT2D eigenvalue weighted by Crippen LogP contribution is 2.32. The molecule has 2 heterocycles. The van der Waals surface area contributed by atoms with Gasteiger partial charge in [0.1, 0.15) is 0 Å². The first-order chi connectivity index (χ1) is 9.56. The number of anilines is 1. The molecule has 1 aromatic heterocycles. The molecule has 2 aromatic rings. The van der Waals surface area contributed by atoms with E-state index in [4.69, 9.17) is 5.11 Å². The number of nitrogens with zero attached hydrogens (tertiary/aromatic N) is 3. The van der Waals surface area contributed by atoms with Crippen LogP contribution in [0.2, 0.25) is 0 Å². The second-order valence-corrected chi connectivity index (χ2v) is 5.52. The van der Waals surface area contributed by atoms with Gasteiger partial charge < -0.3 is 5.11 Å². The van der Waals surface area contributed by atoms with Crippen LogP contribution in [0, 0.1) is 5.92 Å². The number of fused-ring (bicyclic) bond motifs is 1. The zero-order chi connectivity index (χ0) is 14.3. The van der Waals surface area contributed by atoms with E-state index in [0.717, 1.165) is 10.2 Å². The second-order valence-electron chi connectivity index (χ2n) is 4.51. The lowest BCUT2D eigenvalue weighted by Crippen LogP contribution is -2.28. The van der Waals surface area contributed by atoms with Gasteiger partial charge in [0.15, 0.2) is 0 Å². The van der Waals surface area contributed by atoms with Crippen LogP contribution < -0.4 is 5.01 Å². The summed E-state index contributed by atoms with van der Waals surface area (Å²) in [5.74, 6) is -2.03. The monoisotopic (exact) mass is 289 g/mol. The fourth-order valence-electron chi connectivity index (χ4n) is 2.10. The Kier molecular flexibility index (Phi) is 2.98. The Morgan fingerprint density at radius 1 is 1.45 bits per heavy atom. The molecule has 1 atom stereocenters. The third-order valence-corrected chi connectivity index (χ3v) is 4.12. The molecule has 1 aromatic carbocycles. The van der Waals surface area contributed by atoms with Crippen LogP contribution in [-0.4, -0.2) is 27.7 Å². The number of carbonyl (C=O) groups excluding carboxylic acids is 1. The van der Waals surface area contributed by atoms with Gasteiger partial charge in [0.05, 0.1) is 22.6 Å². The molecule has 0 fully saturated rings. The Bertz CT molecular complexity index is 704. The summed E-state index contributed by atoms with van der Waals surface area (Å²) in [5.41, 5.74) is 1.31. The van der Waals surface area contributed by atoms with E-state index >= 15 is 0 Å². The molecule has 0 aliphatic carbocycles. The molecule has 3 rings (SSSR count). The van der Waals surface area contributed by atoms with E-state index in [1.807, 2.05) is 24.3 Å². The molecule has 6 nitrogen and oxygen atoms in total. The maximum Gasteiger partial charge on any atom is 0.304 e. The first kappa shape index (κ1) is 12.7. The minimum absolute atomic E-state index is 0.241. The number of thiazole rings is 1. The van der Waals surface area contributed by atoms with Gasteiger partial charge in [-0.2, -0.15) is 10.1 Å². The number of amides is 1. The maximum absolute atomic E-state index is 12.2. The van der Waals surface area contributed by atoms with Crippen molar-refractivity contribution in [3.63, 3.8) is 0 Å². The van der Waals surface area contributed by atoms with Crippen LogP contribution in [-0.2, 0) is 9.59 Å². The van der Waals surface area contributed by atoms with Crippen LogP contribution in [0.3, 0.4) is 0 Å². The number of hydrogen-bond acceptors (Lipinski definition) is 5. The molecule has 1 unspecified atom stereocenters. The lowest BCUT2D eigenvalue weighted by Gasteiger charge is -2.09. The summed E-state index contributed by atoms with van der Waals surface area (Å²) in [6, 6.07) is 7.56. The predicted molar refractivity (Wildman–Crippen MR) is 76.0 cm³/mol. The van der Waals surface area contributed by atoms with E-state index in [9.17, 15) is 9.59 Å². The summed E-state index contributed by atoms with van der Waals surface area (Å²) >= 11 is 1.36. The maximum atomic E-state index is 12.2. The molecule has 1 amide bonds. The fourth-order valence-corrected chi connectivity index (χ4v) is 3.02. The van der Waals surface area contributed by atoms with Gasteiger partial charge in [0.2, 0.25) is 5.13 Å². The van der Waals surface area contributed by atoms with E-state index in [0.29, 0.717) is 10.8 Å². The van der Waals surface area contributed by atoms with Gasteiger partial charge >= 0.3 is 5.97 Å². The van der Waals surface area contributed by atoms with Crippen LogP contribution in [0.15, 0.2) is 29.4 Å². The summed E-state index contributed by atoms with van der Waals surface area (Å²) in [6.45, 7) is 1.67. The Hall–Kier alpha value is -2.28. The average molecular weight is 289 g/mol. The predicted octanol–water partition coefficient (Wildman–Crippen LogP) is 2.11. The number of aliphatic carboxylic acids is 1. The van der Waals surface area contributed by atoms with Gasteiger partial charge in [0.25, 0.3) is 5.91 Å². The average Bonchev–Trinajstić information content (AvgIpc) is 2.94. The van der Waals surface area contributed by atoms with Crippen LogP contribution in [0.4, 0.5) is 5.13 Å². The summed E-state index contributed by atoms with van der Waals surface area (Å²) in [5, 5.41) is 14.7. The number of para-hydroxylation sites is 1. The molecule has 7 heteroatoms. The van der Waals surface area contributed by atoms with Crippen molar-refractivity contribution in [2.45, 2.75) is 13.3 Å². The number of rotatable bonds is 3. The first-order valence-electron chi connectivity index (χ1n) is 6.02. The Labute approximate surface area is 118 Å². The zero-order valence-corrected chi connectivity index (χ0v) is 11.4. The molecule has 1 N–H and O–H groups in total. The van der Waals surface area contributed by atoms with E-state index in [2.05, 4.69) is 10.1 Å². The fraction of sp³-hybridized carbons (Fsp3) is 0.231. The minimum Gasteiger partial charge on any atom is -0.481 e. The number of aromatic nitrogens is 1. The largest absolute Gasteiger partial charge is 0.481 e. The number of hydrogen-bond donors (Lipinski definition) is 1. The van der Waals surface area contributed by atoms with Gasteiger partial charge in [0, 0.05) is 5.71 Å². The highest BCUT2D eigenvalue weighted by atomic mass is 32.1. The number of hydrazone groups is 1. The molecule has 0 saturated heterocycles. The van der Waals surface area contributed by atoms with Crippen LogP contribution in [0.1, 0.15) is 13.3 Å². The highest BCUT2D eigenvalue weighted by Gasteiger charge is 2.37. The molecular weight excluding hydrogens is 278 g/mol. The lowest BCUT2D eigenvalue weighted by molar-refractivity contribution is -0.139. The quantitative estimate of drug-likeness (QED) is 0.938. The third kappa shape index (κ3) is 2.05. The topological polar surface area (TPSA) is 82.9 Å². The van der Waals surface area contributed by atoms with Crippen molar-refractivity contribution >= 4 is 44.3 Å². The van der Waals surface area contributed by atoms with Crippen molar-refractivity contribution in [2.24, 2.45) is 11.0 Å². The summed E-state index contributed by atoms with van der Waals surface area (Å²) in [6.07, 6.45) is -0.241. The van der Waals surface area contributed by atoms with Crippen molar-refractivity contribution in [1.82, 2.24) is 4.98 Å². The van der Waals surface area contributed by atoms with Crippen molar-refractivity contribution in [2.75, 3.05) is 5.01 Å². The number of benzene rings is 1. The van der Waals surface area contributed by atoms with Gasteiger partial charge in [-0.3, -0.25) is 9.59 Å². The van der Waals surface area contributed by atoms with Crippen molar-refractivity contribution < 1.29 is 14.7 Å². The summed E-state index contributed by atoms with van der Waals surface area (Å²) in [4.78, 5) is 27.4. The molecule has 1 aliphatic rings. The minimum atomic E-state index is -1.01. The molecular formula is C13H11N3O3S. The van der Waals surface area contributed by atoms with E-state index in [-0.39, 0.29) is 12.3 Å². The number of carboxylic acid groups (broad SMARTS) is 1. The van der Waals surface area contributed by atoms with Gasteiger partial charge in [-0.1, -0.05) is 23.5 Å². The third-order valence-electron chi connectivity index (χ3n) is 3.11. The SMILES string of the molecule is CC1=NN(c2nc3ccccc3s2)C(=O)C1CC(=O)O. The van der Waals surface area contributed by atoms with Crippen molar-refractivity contribution in [3.8, 4) is 0 Å². The lowest BCUT2D eigenvalue weighted by atomic mass is 10.0. The van der Waals surface area contributed by atoms with E-state index in [1.54, 1.807) is 6.92 Å². The number of carbonyl (C=O) groups is 2. The Morgan fingerprint density at radius 3 is 2.90 bits per heavy atom.